The van der Waals surface area contributed by atoms with E-state index in [-0.39, 0.29) is 11.8 Å². The number of carboxylic acid groups (broad SMARTS) is 1. The fourth-order valence-corrected chi connectivity index (χ4v) is 3.49. The lowest BCUT2D eigenvalue weighted by Gasteiger charge is -2.29. The Bertz CT molecular complexity index is 352. The van der Waals surface area contributed by atoms with Gasteiger partial charge in [0.05, 0.1) is 11.8 Å². The fraction of sp³-hybridized carbons (Fsp3) is 0.882. The first-order chi connectivity index (χ1) is 9.98. The molecule has 4 nitrogen and oxygen atoms in total. The highest BCUT2D eigenvalue weighted by molar-refractivity contribution is 5.85. The maximum Gasteiger partial charge on any atom is 0.307 e. The summed E-state index contributed by atoms with van der Waals surface area (Å²) in [5, 5.41) is 9.40. The van der Waals surface area contributed by atoms with Gasteiger partial charge in [-0.25, -0.2) is 0 Å². The molecule has 0 aromatic rings. The molecule has 3 atom stereocenters. The van der Waals surface area contributed by atoms with Crippen LogP contribution in [0.15, 0.2) is 0 Å². The zero-order valence-corrected chi connectivity index (χ0v) is 14.0. The SMILES string of the molecule is CCC1CC(C(=O)O)C(C(=O)N(CC)CC(CC)CC)C1. The third-order valence-electron chi connectivity index (χ3n) is 5.20. The van der Waals surface area contributed by atoms with Crippen LogP contribution in [0.4, 0.5) is 0 Å². The minimum absolute atomic E-state index is 0.0627. The Balaban J connectivity index is 2.79. The normalized spacial score (nSPS) is 25.3. The number of carbonyl (C=O) groups excluding carboxylic acids is 1. The number of nitrogens with zero attached hydrogens (tertiary/aromatic N) is 1. The topological polar surface area (TPSA) is 57.6 Å². The summed E-state index contributed by atoms with van der Waals surface area (Å²) in [4.78, 5) is 26.1. The predicted molar refractivity (Wildman–Crippen MR) is 84.0 cm³/mol. The molecule has 0 bridgehead atoms. The molecule has 1 amide bonds. The molecule has 0 spiro atoms. The molecule has 1 rings (SSSR count). The second-order valence-corrected chi connectivity index (χ2v) is 6.36. The van der Waals surface area contributed by atoms with E-state index in [0.29, 0.717) is 24.8 Å². The first-order valence-corrected chi connectivity index (χ1v) is 8.49. The molecule has 0 aromatic carbocycles. The van der Waals surface area contributed by atoms with Gasteiger partial charge < -0.3 is 10.0 Å². The molecule has 122 valence electrons. The first kappa shape index (κ1) is 18.0. The van der Waals surface area contributed by atoms with Crippen LogP contribution in [0.1, 0.15) is 59.8 Å². The third kappa shape index (κ3) is 4.45. The molecular formula is C17H31NO3. The third-order valence-corrected chi connectivity index (χ3v) is 5.20. The van der Waals surface area contributed by atoms with Crippen molar-refractivity contribution in [1.29, 1.82) is 0 Å². The standard InChI is InChI=1S/C17H31NO3/c1-5-12(6-2)11-18(8-4)16(19)14-9-13(7-3)10-15(14)17(20)21/h12-15H,5-11H2,1-4H3,(H,20,21). The summed E-state index contributed by atoms with van der Waals surface area (Å²) in [5.74, 6) is -0.650. The van der Waals surface area contributed by atoms with Gasteiger partial charge in [0.2, 0.25) is 5.91 Å². The van der Waals surface area contributed by atoms with E-state index in [4.69, 9.17) is 0 Å². The van der Waals surface area contributed by atoms with Crippen molar-refractivity contribution in [2.75, 3.05) is 13.1 Å². The molecule has 1 saturated carbocycles. The van der Waals surface area contributed by atoms with E-state index in [0.717, 1.165) is 32.2 Å². The number of hydrogen-bond donors (Lipinski definition) is 1. The van der Waals surface area contributed by atoms with Gasteiger partial charge in [-0.3, -0.25) is 9.59 Å². The summed E-state index contributed by atoms with van der Waals surface area (Å²) in [6.45, 7) is 9.81. The average Bonchev–Trinajstić information content (AvgIpc) is 2.92. The molecule has 0 heterocycles. The number of rotatable bonds is 8. The summed E-state index contributed by atoms with van der Waals surface area (Å²) in [6.07, 6.45) is 4.48. The molecule has 1 aliphatic rings. The summed E-state index contributed by atoms with van der Waals surface area (Å²) in [5.41, 5.74) is 0. The van der Waals surface area contributed by atoms with Gasteiger partial charge in [0.1, 0.15) is 0 Å². The van der Waals surface area contributed by atoms with Crippen LogP contribution in [-0.2, 0) is 9.59 Å². The van der Waals surface area contributed by atoms with Gasteiger partial charge in [0.15, 0.2) is 0 Å². The van der Waals surface area contributed by atoms with E-state index in [1.807, 2.05) is 11.8 Å². The van der Waals surface area contributed by atoms with E-state index < -0.39 is 11.9 Å². The van der Waals surface area contributed by atoms with Crippen LogP contribution in [0.25, 0.3) is 0 Å². The molecule has 0 saturated heterocycles. The summed E-state index contributed by atoms with van der Waals surface area (Å²) >= 11 is 0. The highest BCUT2D eigenvalue weighted by Crippen LogP contribution is 2.39. The van der Waals surface area contributed by atoms with Crippen molar-refractivity contribution in [3.8, 4) is 0 Å². The maximum atomic E-state index is 12.8. The molecule has 1 fully saturated rings. The van der Waals surface area contributed by atoms with Crippen LogP contribution in [0.2, 0.25) is 0 Å². The minimum atomic E-state index is -0.803. The number of hydrogen-bond acceptors (Lipinski definition) is 2. The van der Waals surface area contributed by atoms with Crippen LogP contribution in [-0.4, -0.2) is 35.0 Å². The fourth-order valence-electron chi connectivity index (χ4n) is 3.49. The minimum Gasteiger partial charge on any atom is -0.481 e. The van der Waals surface area contributed by atoms with E-state index in [1.54, 1.807) is 0 Å². The number of carbonyl (C=O) groups is 2. The Morgan fingerprint density at radius 2 is 1.67 bits per heavy atom. The zero-order chi connectivity index (χ0) is 16.0. The Kier molecular flexibility index (Phi) is 7.20. The molecule has 1 aliphatic carbocycles. The quantitative estimate of drug-likeness (QED) is 0.747. The van der Waals surface area contributed by atoms with Crippen LogP contribution >= 0.6 is 0 Å². The van der Waals surface area contributed by atoms with Gasteiger partial charge >= 0.3 is 5.97 Å². The summed E-state index contributed by atoms with van der Waals surface area (Å²) < 4.78 is 0. The molecule has 21 heavy (non-hydrogen) atoms. The van der Waals surface area contributed by atoms with Crippen LogP contribution < -0.4 is 0 Å². The molecule has 0 radical (unpaired) electrons. The Hall–Kier alpha value is -1.06. The second-order valence-electron chi connectivity index (χ2n) is 6.36. The Morgan fingerprint density at radius 1 is 1.10 bits per heavy atom. The second kappa shape index (κ2) is 8.40. The van der Waals surface area contributed by atoms with Crippen molar-refractivity contribution in [2.24, 2.45) is 23.7 Å². The van der Waals surface area contributed by atoms with Gasteiger partial charge in [-0.15, -0.1) is 0 Å². The zero-order valence-electron chi connectivity index (χ0n) is 14.0. The van der Waals surface area contributed by atoms with E-state index >= 15 is 0 Å². The van der Waals surface area contributed by atoms with Crippen molar-refractivity contribution in [3.05, 3.63) is 0 Å². The van der Waals surface area contributed by atoms with Crippen LogP contribution in [0.3, 0.4) is 0 Å². The van der Waals surface area contributed by atoms with Crippen molar-refractivity contribution >= 4 is 11.9 Å². The average molecular weight is 297 g/mol. The number of aliphatic carboxylic acids is 1. The molecule has 0 aliphatic heterocycles. The molecule has 1 N–H and O–H groups in total. The lowest BCUT2D eigenvalue weighted by Crippen LogP contribution is -2.41. The van der Waals surface area contributed by atoms with Gasteiger partial charge in [-0.05, 0) is 31.6 Å². The molecule has 4 heteroatoms. The van der Waals surface area contributed by atoms with Crippen molar-refractivity contribution < 1.29 is 14.7 Å². The maximum absolute atomic E-state index is 12.8. The molecule has 0 aromatic heterocycles. The molecular weight excluding hydrogens is 266 g/mol. The van der Waals surface area contributed by atoms with Gasteiger partial charge in [-0.1, -0.05) is 40.0 Å². The highest BCUT2D eigenvalue weighted by atomic mass is 16.4. The lowest BCUT2D eigenvalue weighted by atomic mass is 9.93. The Labute approximate surface area is 128 Å². The Morgan fingerprint density at radius 3 is 2.10 bits per heavy atom. The largest absolute Gasteiger partial charge is 0.481 e. The summed E-state index contributed by atoms with van der Waals surface area (Å²) in [7, 11) is 0. The van der Waals surface area contributed by atoms with Crippen LogP contribution in [0, 0.1) is 23.7 Å². The monoisotopic (exact) mass is 297 g/mol. The smallest absolute Gasteiger partial charge is 0.307 e. The lowest BCUT2D eigenvalue weighted by molar-refractivity contribution is -0.149. The summed E-state index contributed by atoms with van der Waals surface area (Å²) in [6, 6.07) is 0. The van der Waals surface area contributed by atoms with Crippen molar-refractivity contribution in [1.82, 2.24) is 4.90 Å². The van der Waals surface area contributed by atoms with Gasteiger partial charge in [-0.2, -0.15) is 0 Å². The van der Waals surface area contributed by atoms with E-state index in [2.05, 4.69) is 20.8 Å². The highest BCUT2D eigenvalue weighted by Gasteiger charge is 2.43. The number of carboxylic acids is 1. The van der Waals surface area contributed by atoms with Gasteiger partial charge in [0, 0.05) is 13.1 Å². The van der Waals surface area contributed by atoms with E-state index in [1.165, 1.54) is 0 Å². The molecule has 3 unspecified atom stereocenters. The number of amides is 1. The van der Waals surface area contributed by atoms with Crippen molar-refractivity contribution in [3.63, 3.8) is 0 Å². The van der Waals surface area contributed by atoms with E-state index in [9.17, 15) is 14.7 Å². The van der Waals surface area contributed by atoms with Crippen LogP contribution in [0.5, 0.6) is 0 Å². The first-order valence-electron chi connectivity index (χ1n) is 8.49. The van der Waals surface area contributed by atoms with Gasteiger partial charge in [0.25, 0.3) is 0 Å². The van der Waals surface area contributed by atoms with Crippen molar-refractivity contribution in [2.45, 2.75) is 59.8 Å². The predicted octanol–water partition coefficient (Wildman–Crippen LogP) is 3.41.